The standard InChI is InChI=1S/C19H23N5O/c1-24-18(25)17(11-13-8-9-15-16(10-13)21-12-20-15)23-19(24)22-14-6-4-2-3-5-7-14/h8-12,14,25H,2-7H2,1H3,(H,22,23)/b13-11+. The zero-order valence-corrected chi connectivity index (χ0v) is 14.4. The molecule has 0 atom stereocenters. The summed E-state index contributed by atoms with van der Waals surface area (Å²) < 4.78 is 1.72. The molecule has 2 aliphatic rings. The average Bonchev–Trinajstić information content (AvgIpc) is 3.06. The smallest absolute Gasteiger partial charge is 0.220 e. The maximum Gasteiger partial charge on any atom is 0.220 e. The Labute approximate surface area is 146 Å². The molecule has 1 aromatic heterocycles. The highest BCUT2D eigenvalue weighted by molar-refractivity contribution is 5.67. The number of nitrogens with zero attached hydrogens (tertiary/aromatic N) is 4. The van der Waals surface area contributed by atoms with Crippen LogP contribution in [-0.2, 0) is 7.05 Å². The number of rotatable bonds is 3. The van der Waals surface area contributed by atoms with E-state index >= 15 is 0 Å². The molecule has 2 N–H and O–H groups in total. The van der Waals surface area contributed by atoms with E-state index in [0.29, 0.717) is 11.7 Å². The molecule has 1 aliphatic heterocycles. The van der Waals surface area contributed by atoms with Gasteiger partial charge in [0.25, 0.3) is 0 Å². The van der Waals surface area contributed by atoms with Crippen molar-refractivity contribution in [2.45, 2.75) is 44.6 Å². The number of hydrogen-bond donors (Lipinski definition) is 2. The van der Waals surface area contributed by atoms with Gasteiger partial charge in [-0.05, 0) is 36.3 Å². The van der Waals surface area contributed by atoms with Gasteiger partial charge in [0.2, 0.25) is 11.8 Å². The molecule has 2 heterocycles. The van der Waals surface area contributed by atoms with Crippen molar-refractivity contribution in [3.8, 4) is 5.88 Å². The predicted octanol–water partition coefficient (Wildman–Crippen LogP) is 2.38. The quantitative estimate of drug-likeness (QED) is 0.845. The molecule has 1 aromatic carbocycles. The maximum absolute atomic E-state index is 10.4. The Morgan fingerprint density at radius 2 is 2.00 bits per heavy atom. The van der Waals surface area contributed by atoms with Gasteiger partial charge in [-0.3, -0.25) is 4.57 Å². The van der Waals surface area contributed by atoms with E-state index in [4.69, 9.17) is 0 Å². The van der Waals surface area contributed by atoms with E-state index in [-0.39, 0.29) is 5.88 Å². The number of hydrogen-bond acceptors (Lipinski definition) is 5. The molecule has 0 unspecified atom stereocenters. The van der Waals surface area contributed by atoms with Gasteiger partial charge in [-0.2, -0.15) is 0 Å². The van der Waals surface area contributed by atoms with E-state index < -0.39 is 0 Å². The minimum Gasteiger partial charge on any atom is -0.493 e. The normalized spacial score (nSPS) is 18.0. The lowest BCUT2D eigenvalue weighted by molar-refractivity contribution is 0.431. The lowest BCUT2D eigenvalue weighted by Gasteiger charge is -2.16. The SMILES string of the molecule is Cn1c(NC2CCCCCC2)nc(/C=c2\ccc3c(c2)N=CN=3)c1O. The fourth-order valence-corrected chi connectivity index (χ4v) is 3.50. The molecule has 0 bridgehead atoms. The molecule has 0 saturated heterocycles. The van der Waals surface area contributed by atoms with E-state index in [9.17, 15) is 5.11 Å². The average molecular weight is 337 g/mol. The van der Waals surface area contributed by atoms with Crippen molar-refractivity contribution in [3.05, 3.63) is 34.5 Å². The summed E-state index contributed by atoms with van der Waals surface area (Å²) in [6.07, 6.45) is 10.9. The van der Waals surface area contributed by atoms with Crippen molar-refractivity contribution in [3.63, 3.8) is 0 Å². The highest BCUT2D eigenvalue weighted by atomic mass is 16.3. The number of fused-ring (bicyclic) bond motifs is 1. The van der Waals surface area contributed by atoms with Gasteiger partial charge in [0.15, 0.2) is 0 Å². The zero-order valence-electron chi connectivity index (χ0n) is 14.4. The van der Waals surface area contributed by atoms with Gasteiger partial charge in [-0.15, -0.1) is 0 Å². The van der Waals surface area contributed by atoms with E-state index in [1.165, 1.54) is 38.5 Å². The van der Waals surface area contributed by atoms with Crippen LogP contribution in [-0.4, -0.2) is 27.0 Å². The first-order valence-electron chi connectivity index (χ1n) is 8.95. The topological polar surface area (TPSA) is 74.8 Å². The summed E-state index contributed by atoms with van der Waals surface area (Å²) in [5.74, 6) is 0.898. The summed E-state index contributed by atoms with van der Waals surface area (Å²) in [7, 11) is 1.84. The third-order valence-corrected chi connectivity index (χ3v) is 4.98. The van der Waals surface area contributed by atoms with Crippen LogP contribution < -0.4 is 15.9 Å². The second-order valence-electron chi connectivity index (χ2n) is 6.80. The lowest BCUT2D eigenvalue weighted by Crippen LogP contribution is -2.20. The van der Waals surface area contributed by atoms with Crippen molar-refractivity contribution in [2.24, 2.45) is 17.0 Å². The first-order valence-corrected chi connectivity index (χ1v) is 8.95. The van der Waals surface area contributed by atoms with Crippen LogP contribution in [0.25, 0.3) is 6.08 Å². The summed E-state index contributed by atoms with van der Waals surface area (Å²) >= 11 is 0. The van der Waals surface area contributed by atoms with E-state index in [1.807, 2.05) is 31.3 Å². The first kappa shape index (κ1) is 15.9. The summed E-state index contributed by atoms with van der Waals surface area (Å²) in [4.78, 5) is 13.0. The minimum atomic E-state index is 0.171. The predicted molar refractivity (Wildman–Crippen MR) is 98.9 cm³/mol. The van der Waals surface area contributed by atoms with Crippen LogP contribution in [0.2, 0.25) is 0 Å². The van der Waals surface area contributed by atoms with Crippen LogP contribution in [0, 0.1) is 0 Å². The molecule has 0 amide bonds. The van der Waals surface area contributed by atoms with Crippen LogP contribution >= 0.6 is 0 Å². The molecule has 1 fully saturated rings. The Balaban J connectivity index is 1.62. The molecule has 0 radical (unpaired) electrons. The maximum atomic E-state index is 10.4. The highest BCUT2D eigenvalue weighted by Gasteiger charge is 2.17. The number of aromatic hydroxyl groups is 1. The Bertz CT molecular complexity index is 920. The Morgan fingerprint density at radius 3 is 2.80 bits per heavy atom. The van der Waals surface area contributed by atoms with Crippen LogP contribution in [0.1, 0.15) is 44.2 Å². The lowest BCUT2D eigenvalue weighted by atomic mass is 10.1. The van der Waals surface area contributed by atoms with Gasteiger partial charge in [-0.25, -0.2) is 15.0 Å². The van der Waals surface area contributed by atoms with Crippen LogP contribution in [0.15, 0.2) is 28.2 Å². The monoisotopic (exact) mass is 337 g/mol. The number of aromatic nitrogens is 2. The molecule has 6 heteroatoms. The number of imidazole rings is 1. The Kier molecular flexibility index (Phi) is 4.26. The van der Waals surface area contributed by atoms with Gasteiger partial charge in [0.1, 0.15) is 12.0 Å². The largest absolute Gasteiger partial charge is 0.493 e. The summed E-state index contributed by atoms with van der Waals surface area (Å²) in [5, 5.41) is 15.8. The van der Waals surface area contributed by atoms with Gasteiger partial charge in [-0.1, -0.05) is 31.7 Å². The molecule has 1 aliphatic carbocycles. The van der Waals surface area contributed by atoms with E-state index in [2.05, 4.69) is 20.3 Å². The second-order valence-corrected chi connectivity index (χ2v) is 6.80. The van der Waals surface area contributed by atoms with Gasteiger partial charge >= 0.3 is 0 Å². The summed E-state index contributed by atoms with van der Waals surface area (Å²) in [5.41, 5.74) is 1.42. The number of aliphatic imine (C=N–C) groups is 1. The number of nitrogens with one attached hydrogen (secondary N) is 1. The molecule has 130 valence electrons. The van der Waals surface area contributed by atoms with Gasteiger partial charge < -0.3 is 10.4 Å². The number of anilines is 1. The Morgan fingerprint density at radius 1 is 1.20 bits per heavy atom. The summed E-state index contributed by atoms with van der Waals surface area (Å²) in [6.45, 7) is 0. The molecule has 25 heavy (non-hydrogen) atoms. The first-order chi connectivity index (χ1) is 12.2. The van der Waals surface area contributed by atoms with Crippen LogP contribution in [0.4, 0.5) is 11.6 Å². The Hall–Kier alpha value is -2.63. The second kappa shape index (κ2) is 6.70. The van der Waals surface area contributed by atoms with Crippen molar-refractivity contribution in [1.29, 1.82) is 0 Å². The van der Waals surface area contributed by atoms with Crippen molar-refractivity contribution in [2.75, 3.05) is 5.32 Å². The van der Waals surface area contributed by atoms with Crippen molar-refractivity contribution >= 4 is 24.1 Å². The van der Waals surface area contributed by atoms with Crippen molar-refractivity contribution < 1.29 is 5.11 Å². The van der Waals surface area contributed by atoms with E-state index in [1.54, 1.807) is 10.9 Å². The molecular weight excluding hydrogens is 314 g/mol. The zero-order chi connectivity index (χ0) is 17.2. The molecule has 4 rings (SSSR count). The molecule has 6 nitrogen and oxygen atoms in total. The third-order valence-electron chi connectivity index (χ3n) is 4.98. The van der Waals surface area contributed by atoms with E-state index in [0.717, 1.165) is 22.2 Å². The fraction of sp³-hybridized carbons (Fsp3) is 0.421. The van der Waals surface area contributed by atoms with Crippen LogP contribution in [0.3, 0.4) is 0 Å². The molecule has 0 spiro atoms. The van der Waals surface area contributed by atoms with Crippen LogP contribution in [0.5, 0.6) is 5.88 Å². The molecule has 2 aromatic rings. The fourth-order valence-electron chi connectivity index (χ4n) is 3.50. The molecular formula is C19H23N5O. The van der Waals surface area contributed by atoms with Gasteiger partial charge in [0, 0.05) is 13.1 Å². The molecule has 1 saturated carbocycles. The highest BCUT2D eigenvalue weighted by Crippen LogP contribution is 2.25. The number of benzene rings is 1. The third kappa shape index (κ3) is 3.29. The summed E-state index contributed by atoms with van der Waals surface area (Å²) in [6, 6.07) is 6.28. The van der Waals surface area contributed by atoms with Gasteiger partial charge in [0.05, 0.1) is 11.0 Å². The van der Waals surface area contributed by atoms with Crippen molar-refractivity contribution in [1.82, 2.24) is 9.55 Å². The minimum absolute atomic E-state index is 0.171.